The van der Waals surface area contributed by atoms with E-state index in [2.05, 4.69) is 0 Å². The maximum absolute atomic E-state index is 13.0. The van der Waals surface area contributed by atoms with Crippen LogP contribution >= 0.6 is 11.6 Å². The van der Waals surface area contributed by atoms with Gasteiger partial charge in [-0.15, -0.1) is 0 Å². The first kappa shape index (κ1) is 10.5. The van der Waals surface area contributed by atoms with E-state index in [1.807, 2.05) is 0 Å². The molecule has 0 N–H and O–H groups in total. The molecule has 0 atom stereocenters. The van der Waals surface area contributed by atoms with Crippen molar-refractivity contribution in [3.8, 4) is 0 Å². The lowest BCUT2D eigenvalue weighted by atomic mass is 9.74. The predicted octanol–water partition coefficient (Wildman–Crippen LogP) is 3.10. The Bertz CT molecular complexity index is 407. The zero-order chi connectivity index (χ0) is 11.2. The van der Waals surface area contributed by atoms with Crippen molar-refractivity contribution in [3.05, 3.63) is 34.6 Å². The fourth-order valence-corrected chi connectivity index (χ4v) is 2.61. The highest BCUT2D eigenvalue weighted by Crippen LogP contribution is 2.49. The molecule has 0 unspecified atom stereocenters. The van der Waals surface area contributed by atoms with Crippen molar-refractivity contribution in [3.63, 3.8) is 0 Å². The smallest absolute Gasteiger partial charge is 0.169 e. The summed E-state index contributed by atoms with van der Waals surface area (Å²) < 4.78 is 24.1. The van der Waals surface area contributed by atoms with E-state index in [4.69, 9.17) is 21.1 Å². The average molecular weight is 243 g/mol. The first-order chi connectivity index (χ1) is 7.69. The fraction of sp³-hybridized carbons (Fsp3) is 0.500. The van der Waals surface area contributed by atoms with Crippen LogP contribution < -0.4 is 0 Å². The molecule has 86 valence electrons. The Hall–Kier alpha value is -0.640. The van der Waals surface area contributed by atoms with Crippen LogP contribution in [0.2, 0.25) is 5.02 Å². The monoisotopic (exact) mass is 242 g/mol. The summed E-state index contributed by atoms with van der Waals surface area (Å²) in [6.07, 6.45) is 1.68. The molecule has 0 aromatic heterocycles. The molecule has 2 nitrogen and oxygen atoms in total. The molecule has 4 heteroatoms. The third-order valence-corrected chi connectivity index (χ3v) is 3.63. The lowest BCUT2D eigenvalue weighted by Gasteiger charge is -2.43. The van der Waals surface area contributed by atoms with Crippen LogP contribution in [0.5, 0.6) is 0 Å². The van der Waals surface area contributed by atoms with Gasteiger partial charge in [-0.3, -0.25) is 0 Å². The molecular weight excluding hydrogens is 231 g/mol. The molecule has 0 amide bonds. The molecule has 1 aliphatic carbocycles. The van der Waals surface area contributed by atoms with E-state index in [9.17, 15) is 4.39 Å². The van der Waals surface area contributed by atoms with Crippen molar-refractivity contribution in [2.24, 2.45) is 0 Å². The molecule has 2 aliphatic rings. The van der Waals surface area contributed by atoms with E-state index < -0.39 is 0 Å². The van der Waals surface area contributed by atoms with E-state index in [0.29, 0.717) is 19.1 Å². The lowest BCUT2D eigenvalue weighted by molar-refractivity contribution is -0.215. The standard InChI is InChI=1S/C12H12ClFO2/c13-10-5-8(1-2-11(10)14)9-6-12(7-9)15-3-4-16-12/h1-2,5,9H,3-4,6-7H2. The largest absolute Gasteiger partial charge is 0.347 e. The van der Waals surface area contributed by atoms with Gasteiger partial charge in [0.15, 0.2) is 5.79 Å². The minimum absolute atomic E-state index is 0.187. The fourth-order valence-electron chi connectivity index (χ4n) is 2.43. The van der Waals surface area contributed by atoms with E-state index in [-0.39, 0.29) is 16.6 Å². The van der Waals surface area contributed by atoms with Crippen LogP contribution in [0.25, 0.3) is 0 Å². The number of rotatable bonds is 1. The summed E-state index contributed by atoms with van der Waals surface area (Å²) in [6.45, 7) is 1.35. The van der Waals surface area contributed by atoms with Gasteiger partial charge in [-0.2, -0.15) is 0 Å². The molecular formula is C12H12ClFO2. The first-order valence-electron chi connectivity index (χ1n) is 5.41. The van der Waals surface area contributed by atoms with Gasteiger partial charge in [0.25, 0.3) is 0 Å². The zero-order valence-corrected chi connectivity index (χ0v) is 9.47. The average Bonchev–Trinajstić information content (AvgIpc) is 2.69. The van der Waals surface area contributed by atoms with Crippen molar-refractivity contribution < 1.29 is 13.9 Å². The summed E-state index contributed by atoms with van der Waals surface area (Å²) in [6, 6.07) is 4.90. The lowest BCUT2D eigenvalue weighted by Crippen LogP contribution is -2.43. The van der Waals surface area contributed by atoms with E-state index >= 15 is 0 Å². The second-order valence-electron chi connectivity index (χ2n) is 4.39. The van der Waals surface area contributed by atoms with E-state index in [0.717, 1.165) is 18.4 Å². The minimum Gasteiger partial charge on any atom is -0.347 e. The minimum atomic E-state index is -0.368. The molecule has 1 saturated heterocycles. The summed E-state index contributed by atoms with van der Waals surface area (Å²) in [5, 5.41) is 0.187. The Morgan fingerprint density at radius 1 is 1.25 bits per heavy atom. The Labute approximate surface area is 98.3 Å². The van der Waals surface area contributed by atoms with Crippen LogP contribution in [0.4, 0.5) is 4.39 Å². The predicted molar refractivity (Wildman–Crippen MR) is 58.0 cm³/mol. The topological polar surface area (TPSA) is 18.5 Å². The van der Waals surface area contributed by atoms with Gasteiger partial charge in [-0.1, -0.05) is 17.7 Å². The molecule has 2 fully saturated rings. The summed E-state index contributed by atoms with van der Waals surface area (Å²) in [5.74, 6) is -0.352. The Kier molecular flexibility index (Phi) is 2.42. The quantitative estimate of drug-likeness (QED) is 0.754. The molecule has 1 aromatic rings. The van der Waals surface area contributed by atoms with Gasteiger partial charge >= 0.3 is 0 Å². The van der Waals surface area contributed by atoms with Gasteiger partial charge < -0.3 is 9.47 Å². The van der Waals surface area contributed by atoms with Crippen LogP contribution in [0.1, 0.15) is 24.3 Å². The van der Waals surface area contributed by atoms with E-state index in [1.165, 1.54) is 6.07 Å². The van der Waals surface area contributed by atoms with Gasteiger partial charge in [0, 0.05) is 12.8 Å². The van der Waals surface area contributed by atoms with Crippen molar-refractivity contribution in [2.75, 3.05) is 13.2 Å². The molecule has 0 radical (unpaired) electrons. The summed E-state index contributed by atoms with van der Waals surface area (Å²) >= 11 is 5.75. The number of benzene rings is 1. The first-order valence-corrected chi connectivity index (χ1v) is 5.79. The Morgan fingerprint density at radius 3 is 2.56 bits per heavy atom. The maximum Gasteiger partial charge on any atom is 0.169 e. The normalized spacial score (nSPS) is 23.6. The van der Waals surface area contributed by atoms with Crippen molar-refractivity contribution in [1.82, 2.24) is 0 Å². The second kappa shape index (κ2) is 3.69. The van der Waals surface area contributed by atoms with Gasteiger partial charge in [-0.05, 0) is 23.6 Å². The van der Waals surface area contributed by atoms with Crippen LogP contribution in [-0.2, 0) is 9.47 Å². The third kappa shape index (κ3) is 1.63. The molecule has 1 aliphatic heterocycles. The van der Waals surface area contributed by atoms with Crippen molar-refractivity contribution in [1.29, 1.82) is 0 Å². The number of hydrogen-bond donors (Lipinski definition) is 0. The zero-order valence-electron chi connectivity index (χ0n) is 8.71. The number of ether oxygens (including phenoxy) is 2. The molecule has 1 aromatic carbocycles. The molecule has 1 saturated carbocycles. The van der Waals surface area contributed by atoms with Gasteiger partial charge in [-0.25, -0.2) is 4.39 Å². The second-order valence-corrected chi connectivity index (χ2v) is 4.79. The van der Waals surface area contributed by atoms with Gasteiger partial charge in [0.2, 0.25) is 0 Å². The molecule has 3 rings (SSSR count). The summed E-state index contributed by atoms with van der Waals surface area (Å²) in [7, 11) is 0. The summed E-state index contributed by atoms with van der Waals surface area (Å²) in [5.41, 5.74) is 1.07. The SMILES string of the molecule is Fc1ccc(C2CC3(C2)OCCO3)cc1Cl. The molecule has 16 heavy (non-hydrogen) atoms. The highest BCUT2D eigenvalue weighted by molar-refractivity contribution is 6.30. The van der Waals surface area contributed by atoms with Crippen molar-refractivity contribution >= 4 is 11.6 Å². The Morgan fingerprint density at radius 2 is 1.94 bits per heavy atom. The van der Waals surface area contributed by atoms with Gasteiger partial charge in [0.05, 0.1) is 18.2 Å². The maximum atomic E-state index is 13.0. The highest BCUT2D eigenvalue weighted by atomic mass is 35.5. The van der Waals surface area contributed by atoms with Crippen LogP contribution in [0.15, 0.2) is 18.2 Å². The summed E-state index contributed by atoms with van der Waals surface area (Å²) in [4.78, 5) is 0. The van der Waals surface area contributed by atoms with Gasteiger partial charge in [0.1, 0.15) is 5.82 Å². The highest BCUT2D eigenvalue weighted by Gasteiger charge is 2.49. The van der Waals surface area contributed by atoms with Crippen LogP contribution in [0.3, 0.4) is 0 Å². The molecule has 1 spiro atoms. The van der Waals surface area contributed by atoms with Crippen LogP contribution in [-0.4, -0.2) is 19.0 Å². The number of hydrogen-bond acceptors (Lipinski definition) is 2. The number of halogens is 2. The van der Waals surface area contributed by atoms with Crippen LogP contribution in [0, 0.1) is 5.82 Å². The van der Waals surface area contributed by atoms with Crippen molar-refractivity contribution in [2.45, 2.75) is 24.5 Å². The third-order valence-electron chi connectivity index (χ3n) is 3.34. The molecule has 1 heterocycles. The molecule has 0 bridgehead atoms. The van der Waals surface area contributed by atoms with E-state index in [1.54, 1.807) is 12.1 Å². The Balaban J connectivity index is 1.73.